The molecule has 2 rings (SSSR count). The highest BCUT2D eigenvalue weighted by molar-refractivity contribution is 7.91. The van der Waals surface area contributed by atoms with Crippen molar-refractivity contribution in [3.05, 3.63) is 29.8 Å². The van der Waals surface area contributed by atoms with E-state index in [1.54, 1.807) is 7.11 Å². The molecule has 0 aliphatic carbocycles. The maximum atomic E-state index is 11.4. The minimum absolute atomic E-state index is 0.0570. The van der Waals surface area contributed by atoms with Gasteiger partial charge in [0.15, 0.2) is 9.84 Å². The van der Waals surface area contributed by atoms with Crippen LogP contribution in [-0.4, -0.2) is 32.4 Å². The predicted molar refractivity (Wildman–Crippen MR) is 73.1 cm³/mol. The molecule has 100 valence electrons. The van der Waals surface area contributed by atoms with Gasteiger partial charge in [-0.05, 0) is 30.4 Å². The van der Waals surface area contributed by atoms with Gasteiger partial charge in [0.25, 0.3) is 0 Å². The summed E-state index contributed by atoms with van der Waals surface area (Å²) in [6, 6.07) is 7.71. The fourth-order valence-corrected chi connectivity index (χ4v) is 4.72. The monoisotopic (exact) mass is 288 g/mol. The van der Waals surface area contributed by atoms with Gasteiger partial charge in [0, 0.05) is 5.38 Å². The zero-order chi connectivity index (χ0) is 13.2. The zero-order valence-electron chi connectivity index (χ0n) is 10.3. The summed E-state index contributed by atoms with van der Waals surface area (Å²) in [6.45, 7) is 0. The highest BCUT2D eigenvalue weighted by atomic mass is 35.5. The largest absolute Gasteiger partial charge is 0.496 e. The SMILES string of the molecule is COc1ccccc1CC(Cl)C1CCS(=O)(=O)C1. The van der Waals surface area contributed by atoms with Crippen LogP contribution in [0.3, 0.4) is 0 Å². The second-order valence-corrected chi connectivity index (χ2v) is 7.48. The Hall–Kier alpha value is -0.740. The molecule has 5 heteroatoms. The number of sulfone groups is 1. The molecular weight excluding hydrogens is 272 g/mol. The Morgan fingerprint density at radius 1 is 1.44 bits per heavy atom. The van der Waals surface area contributed by atoms with E-state index in [0.29, 0.717) is 12.8 Å². The van der Waals surface area contributed by atoms with Crippen molar-refractivity contribution in [1.82, 2.24) is 0 Å². The van der Waals surface area contributed by atoms with Crippen LogP contribution in [-0.2, 0) is 16.3 Å². The van der Waals surface area contributed by atoms with Crippen LogP contribution in [0.5, 0.6) is 5.75 Å². The molecule has 3 nitrogen and oxygen atoms in total. The van der Waals surface area contributed by atoms with E-state index >= 15 is 0 Å². The summed E-state index contributed by atoms with van der Waals surface area (Å²) in [4.78, 5) is 0. The van der Waals surface area contributed by atoms with Gasteiger partial charge in [-0.25, -0.2) is 8.42 Å². The third kappa shape index (κ3) is 3.18. The van der Waals surface area contributed by atoms with Gasteiger partial charge in [-0.15, -0.1) is 11.6 Å². The smallest absolute Gasteiger partial charge is 0.150 e. The van der Waals surface area contributed by atoms with E-state index in [1.807, 2.05) is 24.3 Å². The molecule has 18 heavy (non-hydrogen) atoms. The topological polar surface area (TPSA) is 43.4 Å². The van der Waals surface area contributed by atoms with Gasteiger partial charge in [-0.2, -0.15) is 0 Å². The van der Waals surface area contributed by atoms with Gasteiger partial charge >= 0.3 is 0 Å². The van der Waals surface area contributed by atoms with Gasteiger partial charge in [-0.1, -0.05) is 18.2 Å². The van der Waals surface area contributed by atoms with E-state index in [-0.39, 0.29) is 22.8 Å². The lowest BCUT2D eigenvalue weighted by molar-refractivity contribution is 0.407. The number of halogens is 1. The quantitative estimate of drug-likeness (QED) is 0.799. The molecule has 1 aromatic rings. The van der Waals surface area contributed by atoms with Crippen LogP contribution in [0.2, 0.25) is 0 Å². The Balaban J connectivity index is 2.05. The van der Waals surface area contributed by atoms with Gasteiger partial charge in [-0.3, -0.25) is 0 Å². The van der Waals surface area contributed by atoms with Crippen LogP contribution >= 0.6 is 11.6 Å². The lowest BCUT2D eigenvalue weighted by Gasteiger charge is -2.17. The molecule has 0 saturated carbocycles. The van der Waals surface area contributed by atoms with E-state index in [0.717, 1.165) is 11.3 Å². The normalized spacial score (nSPS) is 23.8. The molecule has 0 spiro atoms. The van der Waals surface area contributed by atoms with Gasteiger partial charge < -0.3 is 4.74 Å². The minimum Gasteiger partial charge on any atom is -0.496 e. The molecule has 1 saturated heterocycles. The number of rotatable bonds is 4. The van der Waals surface area contributed by atoms with Gasteiger partial charge in [0.2, 0.25) is 0 Å². The van der Waals surface area contributed by atoms with Gasteiger partial charge in [0.05, 0.1) is 18.6 Å². The summed E-state index contributed by atoms with van der Waals surface area (Å²) in [6.07, 6.45) is 1.32. The van der Waals surface area contributed by atoms with Crippen molar-refractivity contribution in [2.75, 3.05) is 18.6 Å². The third-order valence-corrected chi connectivity index (χ3v) is 5.69. The molecule has 1 aromatic carbocycles. The summed E-state index contributed by atoms with van der Waals surface area (Å²) in [5, 5.41) is -0.154. The summed E-state index contributed by atoms with van der Waals surface area (Å²) in [5.41, 5.74) is 1.03. The standard InChI is InChI=1S/C13H17ClO3S/c1-17-13-5-3-2-4-10(13)8-12(14)11-6-7-18(15,16)9-11/h2-5,11-12H,6-9H2,1H3. The summed E-state index contributed by atoms with van der Waals surface area (Å²) >= 11 is 6.36. The Morgan fingerprint density at radius 2 is 2.17 bits per heavy atom. The zero-order valence-corrected chi connectivity index (χ0v) is 11.9. The maximum Gasteiger partial charge on any atom is 0.150 e. The molecular formula is C13H17ClO3S. The second kappa shape index (κ2) is 5.49. The molecule has 1 aliphatic heterocycles. The van der Waals surface area contributed by atoms with E-state index in [4.69, 9.17) is 16.3 Å². The van der Waals surface area contributed by atoms with E-state index in [1.165, 1.54) is 0 Å². The summed E-state index contributed by atoms with van der Waals surface area (Å²) < 4.78 is 28.1. The summed E-state index contributed by atoms with van der Waals surface area (Å²) in [7, 11) is -1.24. The maximum absolute atomic E-state index is 11.4. The van der Waals surface area contributed by atoms with Crippen molar-refractivity contribution < 1.29 is 13.2 Å². The first kappa shape index (κ1) is 13.7. The van der Waals surface area contributed by atoms with Gasteiger partial charge in [0.1, 0.15) is 5.75 Å². The van der Waals surface area contributed by atoms with Crippen molar-refractivity contribution in [3.63, 3.8) is 0 Å². The number of para-hydroxylation sites is 1. The van der Waals surface area contributed by atoms with E-state index in [2.05, 4.69) is 0 Å². The average molecular weight is 289 g/mol. The van der Waals surface area contributed by atoms with Crippen molar-refractivity contribution in [1.29, 1.82) is 0 Å². The van der Waals surface area contributed by atoms with Crippen molar-refractivity contribution in [2.45, 2.75) is 18.2 Å². The fourth-order valence-electron chi connectivity index (χ4n) is 2.36. The lowest BCUT2D eigenvalue weighted by atomic mass is 9.98. The highest BCUT2D eigenvalue weighted by Crippen LogP contribution is 2.29. The number of alkyl halides is 1. The molecule has 2 atom stereocenters. The third-order valence-electron chi connectivity index (χ3n) is 3.39. The molecule has 0 radical (unpaired) electrons. The number of hydrogen-bond donors (Lipinski definition) is 0. The van der Waals surface area contributed by atoms with E-state index < -0.39 is 9.84 Å². The molecule has 0 aromatic heterocycles. The minimum atomic E-state index is -2.86. The van der Waals surface area contributed by atoms with Crippen molar-refractivity contribution >= 4 is 21.4 Å². The molecule has 0 bridgehead atoms. The highest BCUT2D eigenvalue weighted by Gasteiger charge is 2.33. The first-order valence-electron chi connectivity index (χ1n) is 5.98. The van der Waals surface area contributed by atoms with E-state index in [9.17, 15) is 8.42 Å². The molecule has 0 N–H and O–H groups in total. The Kier molecular flexibility index (Phi) is 4.17. The molecule has 0 amide bonds. The van der Waals surface area contributed by atoms with Crippen LogP contribution in [0.15, 0.2) is 24.3 Å². The number of benzene rings is 1. The Morgan fingerprint density at radius 3 is 2.78 bits per heavy atom. The molecule has 1 heterocycles. The van der Waals surface area contributed by atoms with Crippen molar-refractivity contribution in [2.24, 2.45) is 5.92 Å². The number of ether oxygens (including phenoxy) is 1. The van der Waals surface area contributed by atoms with Crippen LogP contribution < -0.4 is 4.74 Å². The summed E-state index contributed by atoms with van der Waals surface area (Å²) in [5.74, 6) is 1.36. The molecule has 1 aliphatic rings. The fraction of sp³-hybridized carbons (Fsp3) is 0.538. The van der Waals surface area contributed by atoms with Crippen LogP contribution in [0.1, 0.15) is 12.0 Å². The van der Waals surface area contributed by atoms with Crippen LogP contribution in [0.4, 0.5) is 0 Å². The first-order valence-corrected chi connectivity index (χ1v) is 8.24. The lowest BCUT2D eigenvalue weighted by Crippen LogP contribution is -2.19. The Bertz CT molecular complexity index is 513. The van der Waals surface area contributed by atoms with Crippen LogP contribution in [0, 0.1) is 5.92 Å². The predicted octanol–water partition coefficient (Wildman–Crippen LogP) is 2.28. The second-order valence-electron chi connectivity index (χ2n) is 4.70. The number of hydrogen-bond acceptors (Lipinski definition) is 3. The molecule has 2 unspecified atom stereocenters. The average Bonchev–Trinajstić information content (AvgIpc) is 2.70. The van der Waals surface area contributed by atoms with Crippen molar-refractivity contribution in [3.8, 4) is 5.75 Å². The Labute approximate surface area is 113 Å². The molecule has 1 fully saturated rings. The van der Waals surface area contributed by atoms with Crippen LogP contribution in [0.25, 0.3) is 0 Å². The number of methoxy groups -OCH3 is 1. The first-order chi connectivity index (χ1) is 8.52.